The highest BCUT2D eigenvalue weighted by Gasteiger charge is 2.45. The van der Waals surface area contributed by atoms with Crippen LogP contribution in [0.25, 0.3) is 0 Å². The van der Waals surface area contributed by atoms with Gasteiger partial charge in [0, 0.05) is 26.3 Å². The van der Waals surface area contributed by atoms with Gasteiger partial charge >= 0.3 is 0 Å². The first kappa shape index (κ1) is 13.4. The van der Waals surface area contributed by atoms with Crippen molar-refractivity contribution in [3.63, 3.8) is 0 Å². The summed E-state index contributed by atoms with van der Waals surface area (Å²) in [6, 6.07) is 1.97. The average molecular weight is 365 g/mol. The molecule has 1 aliphatic carbocycles. The van der Waals surface area contributed by atoms with Gasteiger partial charge in [0.05, 0.1) is 3.57 Å². The van der Waals surface area contributed by atoms with Gasteiger partial charge in [-0.15, -0.1) is 0 Å². The molecule has 0 saturated heterocycles. The molecule has 0 aliphatic heterocycles. The van der Waals surface area contributed by atoms with Crippen molar-refractivity contribution in [2.75, 3.05) is 0 Å². The highest BCUT2D eigenvalue weighted by Crippen LogP contribution is 2.43. The molecule has 0 atom stereocenters. The number of hydrogen-bond donors (Lipinski definition) is 0. The number of Topliss-reactive ketones (excluding diaryl/α,β-unsaturated/α-hetero) is 1. The molecule has 1 heterocycles. The van der Waals surface area contributed by atoms with Crippen LogP contribution >= 0.6 is 22.6 Å². The lowest BCUT2D eigenvalue weighted by Gasteiger charge is -2.34. The van der Waals surface area contributed by atoms with E-state index in [1.807, 2.05) is 28.7 Å². The molecule has 0 amide bonds. The Morgan fingerprint density at radius 3 is 2.72 bits per heavy atom. The summed E-state index contributed by atoms with van der Waals surface area (Å²) in [6.07, 6.45) is -0.354. The Labute approximate surface area is 116 Å². The van der Waals surface area contributed by atoms with E-state index in [0.29, 0.717) is 3.57 Å². The van der Waals surface area contributed by atoms with Crippen LogP contribution in [0.5, 0.6) is 0 Å². The second-order valence-electron chi connectivity index (χ2n) is 4.49. The minimum absolute atomic E-state index is 0.177. The fourth-order valence-corrected chi connectivity index (χ4v) is 2.95. The van der Waals surface area contributed by atoms with E-state index in [1.165, 1.54) is 11.6 Å². The number of nitriles is 1. The van der Waals surface area contributed by atoms with Crippen molar-refractivity contribution in [1.82, 2.24) is 9.78 Å². The maximum Gasteiger partial charge on any atom is 0.248 e. The Morgan fingerprint density at radius 2 is 2.28 bits per heavy atom. The summed E-state index contributed by atoms with van der Waals surface area (Å²) in [6.45, 7) is 1.63. The summed E-state index contributed by atoms with van der Waals surface area (Å²) >= 11 is 1.89. The second-order valence-corrected chi connectivity index (χ2v) is 5.57. The van der Waals surface area contributed by atoms with Crippen LogP contribution in [0.3, 0.4) is 0 Å². The zero-order valence-electron chi connectivity index (χ0n) is 9.58. The van der Waals surface area contributed by atoms with Crippen LogP contribution in [0.4, 0.5) is 8.78 Å². The van der Waals surface area contributed by atoms with Crippen LogP contribution in [0.15, 0.2) is 0 Å². The number of carbonyl (C=O) groups excluding carboxylic acids is 1. The molecule has 1 aliphatic rings. The van der Waals surface area contributed by atoms with E-state index in [1.54, 1.807) is 0 Å². The van der Waals surface area contributed by atoms with E-state index in [9.17, 15) is 13.6 Å². The first-order valence-corrected chi connectivity index (χ1v) is 6.47. The molecule has 1 aromatic rings. The minimum Gasteiger partial charge on any atom is -0.293 e. The Kier molecular flexibility index (Phi) is 3.40. The van der Waals surface area contributed by atoms with Gasteiger partial charge in [0.1, 0.15) is 11.8 Å². The summed E-state index contributed by atoms with van der Waals surface area (Å²) in [5.41, 5.74) is 0.509. The Balaban J connectivity index is 2.21. The predicted octanol–water partition coefficient (Wildman–Crippen LogP) is 2.61. The highest BCUT2D eigenvalue weighted by atomic mass is 127. The topological polar surface area (TPSA) is 58.7 Å². The molecule has 1 fully saturated rings. The fourth-order valence-electron chi connectivity index (χ4n) is 2.06. The van der Waals surface area contributed by atoms with Gasteiger partial charge in [-0.05, 0) is 28.5 Å². The van der Waals surface area contributed by atoms with Gasteiger partial charge < -0.3 is 0 Å². The van der Waals surface area contributed by atoms with Gasteiger partial charge in [0.2, 0.25) is 5.92 Å². The van der Waals surface area contributed by atoms with Crippen LogP contribution in [-0.2, 0) is 6.54 Å². The first-order chi connectivity index (χ1) is 8.34. The van der Waals surface area contributed by atoms with Crippen molar-refractivity contribution in [2.24, 2.45) is 5.92 Å². The molecule has 0 radical (unpaired) electrons. The lowest BCUT2D eigenvalue weighted by molar-refractivity contribution is -0.114. The molecular weight excluding hydrogens is 355 g/mol. The van der Waals surface area contributed by atoms with E-state index >= 15 is 0 Å². The summed E-state index contributed by atoms with van der Waals surface area (Å²) in [4.78, 5) is 11.3. The van der Waals surface area contributed by atoms with Gasteiger partial charge in [0.15, 0.2) is 11.5 Å². The maximum absolute atomic E-state index is 12.7. The van der Waals surface area contributed by atoms with Crippen molar-refractivity contribution < 1.29 is 13.6 Å². The zero-order chi connectivity index (χ0) is 13.5. The molecule has 1 aromatic heterocycles. The third-order valence-electron chi connectivity index (χ3n) is 2.94. The molecule has 4 nitrogen and oxygen atoms in total. The van der Waals surface area contributed by atoms with E-state index in [-0.39, 0.29) is 42.5 Å². The van der Waals surface area contributed by atoms with E-state index in [4.69, 9.17) is 5.26 Å². The van der Waals surface area contributed by atoms with Crippen molar-refractivity contribution in [3.8, 4) is 6.07 Å². The van der Waals surface area contributed by atoms with Crippen LogP contribution < -0.4 is 0 Å². The summed E-state index contributed by atoms with van der Waals surface area (Å²) in [7, 11) is 0. The molecule has 1 saturated carbocycles. The molecule has 96 valence electrons. The number of hydrogen-bond acceptors (Lipinski definition) is 3. The first-order valence-electron chi connectivity index (χ1n) is 5.39. The quantitative estimate of drug-likeness (QED) is 0.611. The molecule has 0 N–H and O–H groups in total. The SMILES string of the molecule is CC(=O)c1nn(CC2CC(F)(F)C2)c(C#N)c1I. The predicted molar refractivity (Wildman–Crippen MR) is 67.3 cm³/mol. The minimum atomic E-state index is -2.58. The van der Waals surface area contributed by atoms with Crippen LogP contribution in [0.2, 0.25) is 0 Å². The largest absolute Gasteiger partial charge is 0.293 e. The van der Waals surface area contributed by atoms with Gasteiger partial charge in [-0.1, -0.05) is 0 Å². The van der Waals surface area contributed by atoms with Crippen molar-refractivity contribution in [1.29, 1.82) is 5.26 Å². The Bertz CT molecular complexity index is 539. The van der Waals surface area contributed by atoms with Crippen molar-refractivity contribution >= 4 is 28.4 Å². The normalized spacial score (nSPS) is 18.2. The Hall–Kier alpha value is -1.04. The highest BCUT2D eigenvalue weighted by molar-refractivity contribution is 14.1. The smallest absolute Gasteiger partial charge is 0.248 e. The number of ketones is 1. The molecule has 0 aromatic carbocycles. The second kappa shape index (κ2) is 4.57. The van der Waals surface area contributed by atoms with Gasteiger partial charge in [0.25, 0.3) is 0 Å². The van der Waals surface area contributed by atoms with Gasteiger partial charge in [-0.3, -0.25) is 9.48 Å². The third-order valence-corrected chi connectivity index (χ3v) is 3.96. The van der Waals surface area contributed by atoms with Crippen molar-refractivity contribution in [3.05, 3.63) is 15.0 Å². The van der Waals surface area contributed by atoms with E-state index in [2.05, 4.69) is 5.10 Å². The Morgan fingerprint density at radius 1 is 1.67 bits per heavy atom. The molecule has 2 rings (SSSR count). The standard InChI is InChI=1S/C11H10F2IN3O/c1-6(18)10-9(14)8(4-15)17(16-10)5-7-2-11(12,13)3-7/h7H,2-3,5H2,1H3. The maximum atomic E-state index is 12.7. The van der Waals surface area contributed by atoms with Crippen LogP contribution in [-0.4, -0.2) is 21.5 Å². The number of aromatic nitrogens is 2. The summed E-state index contributed by atoms with van der Waals surface area (Å²) in [5.74, 6) is -2.99. The molecule has 0 bridgehead atoms. The van der Waals surface area contributed by atoms with E-state index in [0.717, 1.165) is 0 Å². The summed E-state index contributed by atoms with van der Waals surface area (Å²) in [5, 5.41) is 13.1. The number of carbonyl (C=O) groups is 1. The van der Waals surface area contributed by atoms with Crippen LogP contribution in [0.1, 0.15) is 35.9 Å². The van der Waals surface area contributed by atoms with Gasteiger partial charge in [-0.25, -0.2) is 8.78 Å². The fraction of sp³-hybridized carbons (Fsp3) is 0.545. The lowest BCUT2D eigenvalue weighted by atomic mass is 9.81. The average Bonchev–Trinajstić information content (AvgIpc) is 2.52. The zero-order valence-corrected chi connectivity index (χ0v) is 11.7. The van der Waals surface area contributed by atoms with E-state index < -0.39 is 5.92 Å². The van der Waals surface area contributed by atoms with Crippen molar-refractivity contribution in [2.45, 2.75) is 32.2 Å². The molecule has 0 spiro atoms. The third kappa shape index (κ3) is 2.39. The molecular formula is C11H10F2IN3O. The summed E-state index contributed by atoms with van der Waals surface area (Å²) < 4.78 is 27.3. The lowest BCUT2D eigenvalue weighted by Crippen LogP contribution is -2.38. The number of rotatable bonds is 3. The van der Waals surface area contributed by atoms with Gasteiger partial charge in [-0.2, -0.15) is 10.4 Å². The molecule has 7 heteroatoms. The monoisotopic (exact) mass is 365 g/mol. The number of alkyl halides is 2. The number of nitrogens with zero attached hydrogens (tertiary/aromatic N) is 3. The number of halogens is 3. The molecule has 18 heavy (non-hydrogen) atoms. The van der Waals surface area contributed by atoms with Crippen LogP contribution in [0, 0.1) is 20.8 Å². The molecule has 0 unspecified atom stereocenters.